The number of ether oxygens (including phenoxy) is 1. The van der Waals surface area contributed by atoms with Gasteiger partial charge >= 0.3 is 0 Å². The van der Waals surface area contributed by atoms with Gasteiger partial charge in [-0.1, -0.05) is 24.3 Å². The number of aromatic nitrogens is 3. The lowest BCUT2D eigenvalue weighted by Crippen LogP contribution is -2.03. The maximum absolute atomic E-state index is 14.4. The number of allylic oxidation sites excluding steroid dienone is 4. The van der Waals surface area contributed by atoms with Gasteiger partial charge in [-0.25, -0.2) is 19.3 Å². The first-order chi connectivity index (χ1) is 12.3. The van der Waals surface area contributed by atoms with E-state index in [0.717, 1.165) is 10.9 Å². The molecule has 0 saturated heterocycles. The zero-order chi connectivity index (χ0) is 17.2. The van der Waals surface area contributed by atoms with E-state index in [1.165, 1.54) is 0 Å². The Balaban J connectivity index is 1.81. The topological polar surface area (TPSA) is 47.9 Å². The van der Waals surface area contributed by atoms with E-state index in [1.807, 2.05) is 36.4 Å². The van der Waals surface area contributed by atoms with Crippen molar-refractivity contribution in [2.45, 2.75) is 12.8 Å². The van der Waals surface area contributed by atoms with Gasteiger partial charge < -0.3 is 4.74 Å². The molecule has 4 rings (SSSR count). The van der Waals surface area contributed by atoms with Crippen molar-refractivity contribution < 1.29 is 9.13 Å². The van der Waals surface area contributed by atoms with Crippen molar-refractivity contribution in [3.05, 3.63) is 72.0 Å². The van der Waals surface area contributed by atoms with Crippen molar-refractivity contribution in [2.75, 3.05) is 7.11 Å². The van der Waals surface area contributed by atoms with Crippen LogP contribution in [0.15, 0.2) is 66.3 Å². The number of nitrogens with zero attached hydrogens (tertiary/aromatic N) is 3. The summed E-state index contributed by atoms with van der Waals surface area (Å²) in [7, 11) is 1.56. The SMILES string of the molecule is COC1=C(c2cccc(-c3ncc4ccccc4n3)n2)C(F)=CCC1. The van der Waals surface area contributed by atoms with Gasteiger partial charge in [0, 0.05) is 18.0 Å². The van der Waals surface area contributed by atoms with E-state index in [2.05, 4.69) is 15.0 Å². The first-order valence-electron chi connectivity index (χ1n) is 8.09. The van der Waals surface area contributed by atoms with Crippen LogP contribution in [0.2, 0.25) is 0 Å². The van der Waals surface area contributed by atoms with E-state index in [0.29, 0.717) is 41.4 Å². The molecule has 5 heteroatoms. The molecule has 3 aromatic rings. The standard InChI is InChI=1S/C20H16FN3O/c1-25-18-11-4-7-14(21)19(18)16-9-5-10-17(23-16)20-22-12-13-6-2-3-8-15(13)24-20/h2-3,5-10,12H,4,11H2,1H3. The Morgan fingerprint density at radius 3 is 2.72 bits per heavy atom. The zero-order valence-corrected chi connectivity index (χ0v) is 13.7. The summed E-state index contributed by atoms with van der Waals surface area (Å²) in [6, 6.07) is 13.2. The Kier molecular flexibility index (Phi) is 3.98. The average molecular weight is 333 g/mol. The number of pyridine rings is 1. The molecule has 4 nitrogen and oxygen atoms in total. The van der Waals surface area contributed by atoms with Crippen LogP contribution in [0.1, 0.15) is 18.5 Å². The van der Waals surface area contributed by atoms with Crippen LogP contribution in [0.25, 0.3) is 28.0 Å². The van der Waals surface area contributed by atoms with Crippen LogP contribution in [0.4, 0.5) is 4.39 Å². The number of hydrogen-bond donors (Lipinski definition) is 0. The highest BCUT2D eigenvalue weighted by atomic mass is 19.1. The van der Waals surface area contributed by atoms with Gasteiger partial charge in [-0.3, -0.25) is 0 Å². The second-order valence-electron chi connectivity index (χ2n) is 5.75. The van der Waals surface area contributed by atoms with Crippen molar-refractivity contribution in [1.29, 1.82) is 0 Å². The Morgan fingerprint density at radius 1 is 1.00 bits per heavy atom. The monoisotopic (exact) mass is 333 g/mol. The lowest BCUT2D eigenvalue weighted by molar-refractivity contribution is 0.277. The van der Waals surface area contributed by atoms with Crippen LogP contribution in [0.3, 0.4) is 0 Å². The van der Waals surface area contributed by atoms with E-state index in [-0.39, 0.29) is 5.83 Å². The molecule has 0 saturated carbocycles. The van der Waals surface area contributed by atoms with Gasteiger partial charge in [0.1, 0.15) is 17.3 Å². The van der Waals surface area contributed by atoms with E-state index >= 15 is 0 Å². The molecule has 0 unspecified atom stereocenters. The Labute approximate surface area is 144 Å². The first kappa shape index (κ1) is 15.4. The van der Waals surface area contributed by atoms with Crippen LogP contribution in [0.5, 0.6) is 0 Å². The number of para-hydroxylation sites is 1. The van der Waals surface area contributed by atoms with Crippen molar-refractivity contribution in [1.82, 2.24) is 15.0 Å². The van der Waals surface area contributed by atoms with Crippen molar-refractivity contribution in [2.24, 2.45) is 0 Å². The summed E-state index contributed by atoms with van der Waals surface area (Å²) in [5.74, 6) is 0.830. The van der Waals surface area contributed by atoms with E-state index in [1.54, 1.807) is 25.4 Å². The smallest absolute Gasteiger partial charge is 0.178 e. The Bertz CT molecular complexity index is 1010. The summed E-state index contributed by atoms with van der Waals surface area (Å²) in [5.41, 5.74) is 2.39. The molecular weight excluding hydrogens is 317 g/mol. The minimum absolute atomic E-state index is 0.299. The fourth-order valence-corrected chi connectivity index (χ4v) is 2.95. The van der Waals surface area contributed by atoms with Gasteiger partial charge in [0.2, 0.25) is 0 Å². The number of benzene rings is 1. The summed E-state index contributed by atoms with van der Waals surface area (Å²) in [4.78, 5) is 13.5. The van der Waals surface area contributed by atoms with Gasteiger partial charge in [0.25, 0.3) is 0 Å². The second kappa shape index (κ2) is 6.43. The molecule has 0 N–H and O–H groups in total. The summed E-state index contributed by atoms with van der Waals surface area (Å²) in [5, 5.41) is 0.966. The predicted octanol–water partition coefficient (Wildman–Crippen LogP) is 4.70. The normalized spacial score (nSPS) is 14.6. The van der Waals surface area contributed by atoms with Gasteiger partial charge in [-0.15, -0.1) is 0 Å². The Morgan fingerprint density at radius 2 is 1.84 bits per heavy atom. The quantitative estimate of drug-likeness (QED) is 0.697. The van der Waals surface area contributed by atoms with E-state index in [4.69, 9.17) is 4.74 Å². The number of fused-ring (bicyclic) bond motifs is 1. The van der Waals surface area contributed by atoms with E-state index < -0.39 is 0 Å². The molecule has 124 valence electrons. The molecule has 1 aliphatic carbocycles. The zero-order valence-electron chi connectivity index (χ0n) is 13.7. The van der Waals surface area contributed by atoms with Crippen molar-refractivity contribution in [3.8, 4) is 11.5 Å². The molecule has 0 atom stereocenters. The molecule has 25 heavy (non-hydrogen) atoms. The van der Waals surface area contributed by atoms with Crippen molar-refractivity contribution in [3.63, 3.8) is 0 Å². The third-order valence-corrected chi connectivity index (χ3v) is 4.18. The van der Waals surface area contributed by atoms with Crippen LogP contribution in [-0.4, -0.2) is 22.1 Å². The van der Waals surface area contributed by atoms with Crippen molar-refractivity contribution >= 4 is 16.5 Å². The van der Waals surface area contributed by atoms with Crippen LogP contribution >= 0.6 is 0 Å². The third kappa shape index (κ3) is 2.89. The minimum atomic E-state index is -0.299. The summed E-state index contributed by atoms with van der Waals surface area (Å²) < 4.78 is 19.7. The lowest BCUT2D eigenvalue weighted by Gasteiger charge is -2.16. The first-order valence-corrected chi connectivity index (χ1v) is 8.09. The van der Waals surface area contributed by atoms with Crippen LogP contribution < -0.4 is 0 Å². The highest BCUT2D eigenvalue weighted by molar-refractivity contribution is 5.80. The summed E-state index contributed by atoms with van der Waals surface area (Å²) in [6.45, 7) is 0. The Hall–Kier alpha value is -3.08. The summed E-state index contributed by atoms with van der Waals surface area (Å²) in [6.07, 6.45) is 4.63. The molecule has 2 heterocycles. The molecule has 0 fully saturated rings. The van der Waals surface area contributed by atoms with Crippen LogP contribution in [-0.2, 0) is 4.74 Å². The number of halogens is 1. The average Bonchev–Trinajstić information content (AvgIpc) is 2.67. The maximum Gasteiger partial charge on any atom is 0.178 e. The highest BCUT2D eigenvalue weighted by Crippen LogP contribution is 2.34. The van der Waals surface area contributed by atoms with Gasteiger partial charge in [-0.05, 0) is 30.7 Å². The highest BCUT2D eigenvalue weighted by Gasteiger charge is 2.20. The van der Waals surface area contributed by atoms with E-state index in [9.17, 15) is 4.39 Å². The number of rotatable bonds is 3. The molecule has 1 aliphatic rings. The fraction of sp³-hybridized carbons (Fsp3) is 0.150. The second-order valence-corrected chi connectivity index (χ2v) is 5.75. The molecule has 0 aliphatic heterocycles. The molecule has 0 spiro atoms. The number of methoxy groups -OCH3 is 1. The fourth-order valence-electron chi connectivity index (χ4n) is 2.95. The lowest BCUT2D eigenvalue weighted by atomic mass is 10.00. The third-order valence-electron chi connectivity index (χ3n) is 4.18. The van der Waals surface area contributed by atoms with Gasteiger partial charge in [0.05, 0.1) is 23.9 Å². The largest absolute Gasteiger partial charge is 0.500 e. The molecule has 0 radical (unpaired) electrons. The minimum Gasteiger partial charge on any atom is -0.500 e. The van der Waals surface area contributed by atoms with Gasteiger partial charge in [0.15, 0.2) is 5.82 Å². The maximum atomic E-state index is 14.4. The molecule has 0 amide bonds. The van der Waals surface area contributed by atoms with Gasteiger partial charge in [-0.2, -0.15) is 0 Å². The molecule has 0 bridgehead atoms. The molecule has 2 aromatic heterocycles. The molecule has 1 aromatic carbocycles. The van der Waals surface area contributed by atoms with Crippen LogP contribution in [0, 0.1) is 0 Å². The molecular formula is C20H16FN3O. The predicted molar refractivity (Wildman–Crippen MR) is 95.1 cm³/mol. The number of hydrogen-bond acceptors (Lipinski definition) is 4. The summed E-state index contributed by atoms with van der Waals surface area (Å²) >= 11 is 0.